The van der Waals surface area contributed by atoms with Gasteiger partial charge in [-0.05, 0) is 39.9 Å². The van der Waals surface area contributed by atoms with Gasteiger partial charge in [0.15, 0.2) is 6.29 Å². The topological polar surface area (TPSA) is 87.0 Å². The number of rotatable bonds is 3. The van der Waals surface area contributed by atoms with Crippen molar-refractivity contribution in [3.63, 3.8) is 0 Å². The maximum absolute atomic E-state index is 12.1. The predicted molar refractivity (Wildman–Crippen MR) is 94.1 cm³/mol. The number of hydrogen-bond acceptors (Lipinski definition) is 3. The zero-order valence-corrected chi connectivity index (χ0v) is 13.7. The molecule has 0 radical (unpaired) electrons. The first-order valence-corrected chi connectivity index (χ1v) is 9.09. The molecule has 0 heterocycles. The van der Waals surface area contributed by atoms with Gasteiger partial charge in [0.1, 0.15) is 11.1 Å². The molecule has 122 valence electrons. The summed E-state index contributed by atoms with van der Waals surface area (Å²) >= 11 is 0. The van der Waals surface area contributed by atoms with E-state index in [1.165, 1.54) is 6.92 Å². The van der Waals surface area contributed by atoms with Crippen LogP contribution in [0.15, 0.2) is 48.5 Å². The Morgan fingerprint density at radius 2 is 1.58 bits per heavy atom. The highest BCUT2D eigenvalue weighted by atomic mass is 31.2. The molecule has 0 saturated heterocycles. The molecule has 3 N–H and O–H groups in total. The van der Waals surface area contributed by atoms with Crippen molar-refractivity contribution >= 4 is 45.2 Å². The second-order valence-electron chi connectivity index (χ2n) is 5.84. The van der Waals surface area contributed by atoms with Crippen LogP contribution in [0.1, 0.15) is 6.92 Å². The molecule has 0 aliphatic carbocycles. The lowest BCUT2D eigenvalue weighted by atomic mass is 9.94. The standard InChI is InChI=1S/C18H15O5P/c1-10(19)23-15-9-13-6-5-11-3-2-4-12-7-8-14(17(13)16(11)12)18(15)24(20,21)22/h2-10,19H,1H3,(H2,20,21,22). The fraction of sp³-hybridized carbons (Fsp3) is 0.111. The van der Waals surface area contributed by atoms with Crippen molar-refractivity contribution in [1.82, 2.24) is 0 Å². The third-order valence-corrected chi connectivity index (χ3v) is 5.22. The van der Waals surface area contributed by atoms with Crippen LogP contribution in [0, 0.1) is 0 Å². The molecule has 5 nitrogen and oxygen atoms in total. The van der Waals surface area contributed by atoms with Crippen molar-refractivity contribution in [2.24, 2.45) is 0 Å². The molecule has 0 aliphatic rings. The molecule has 0 aromatic heterocycles. The average molecular weight is 342 g/mol. The first kappa shape index (κ1) is 15.4. The van der Waals surface area contributed by atoms with Crippen molar-refractivity contribution in [1.29, 1.82) is 0 Å². The monoisotopic (exact) mass is 342 g/mol. The third-order valence-electron chi connectivity index (χ3n) is 4.17. The van der Waals surface area contributed by atoms with Gasteiger partial charge >= 0.3 is 7.60 Å². The zero-order chi connectivity index (χ0) is 17.1. The van der Waals surface area contributed by atoms with E-state index in [0.29, 0.717) is 5.39 Å². The molecular formula is C18H15O5P. The molecule has 1 unspecified atom stereocenters. The molecule has 0 bridgehead atoms. The molecule has 0 saturated carbocycles. The Bertz CT molecular complexity index is 1100. The normalized spacial score (nSPS) is 13.8. The van der Waals surface area contributed by atoms with E-state index in [0.717, 1.165) is 26.9 Å². The quantitative estimate of drug-likeness (QED) is 0.303. The maximum atomic E-state index is 12.1. The van der Waals surface area contributed by atoms with Crippen LogP contribution in [0.4, 0.5) is 0 Å². The van der Waals surface area contributed by atoms with Crippen LogP contribution in [0.2, 0.25) is 0 Å². The van der Waals surface area contributed by atoms with E-state index >= 15 is 0 Å². The Hall–Kier alpha value is -2.17. The minimum Gasteiger partial charge on any atom is -0.464 e. The van der Waals surface area contributed by atoms with Crippen LogP contribution in [-0.2, 0) is 4.57 Å². The summed E-state index contributed by atoms with van der Waals surface area (Å²) in [6.45, 7) is 1.40. The van der Waals surface area contributed by atoms with E-state index in [9.17, 15) is 19.5 Å². The number of aliphatic hydroxyl groups is 1. The molecule has 0 aliphatic heterocycles. The Morgan fingerprint density at radius 3 is 2.21 bits per heavy atom. The molecule has 1 atom stereocenters. The molecule has 4 rings (SSSR count). The summed E-state index contributed by atoms with van der Waals surface area (Å²) in [4.78, 5) is 19.7. The fourth-order valence-electron chi connectivity index (χ4n) is 3.34. The minimum absolute atomic E-state index is 0.00390. The molecule has 4 aromatic rings. The lowest BCUT2D eigenvalue weighted by Crippen LogP contribution is -2.17. The highest BCUT2D eigenvalue weighted by molar-refractivity contribution is 7.61. The van der Waals surface area contributed by atoms with Crippen LogP contribution >= 0.6 is 7.60 Å². The highest BCUT2D eigenvalue weighted by Gasteiger charge is 2.28. The number of benzene rings is 4. The summed E-state index contributed by atoms with van der Waals surface area (Å²) in [6.07, 6.45) is -1.18. The number of ether oxygens (including phenoxy) is 1. The smallest absolute Gasteiger partial charge is 0.360 e. The van der Waals surface area contributed by atoms with Gasteiger partial charge in [-0.1, -0.05) is 42.5 Å². The van der Waals surface area contributed by atoms with Gasteiger partial charge in [0, 0.05) is 5.39 Å². The van der Waals surface area contributed by atoms with Crippen molar-refractivity contribution in [3.8, 4) is 5.75 Å². The largest absolute Gasteiger partial charge is 0.464 e. The van der Waals surface area contributed by atoms with Crippen molar-refractivity contribution < 1.29 is 24.2 Å². The van der Waals surface area contributed by atoms with Crippen LogP contribution in [-0.4, -0.2) is 21.2 Å². The first-order valence-electron chi connectivity index (χ1n) is 7.47. The van der Waals surface area contributed by atoms with Gasteiger partial charge in [-0.15, -0.1) is 0 Å². The predicted octanol–water partition coefficient (Wildman–Crippen LogP) is 3.10. The second kappa shape index (κ2) is 5.16. The van der Waals surface area contributed by atoms with Crippen molar-refractivity contribution in [2.75, 3.05) is 0 Å². The molecule has 6 heteroatoms. The first-order chi connectivity index (χ1) is 11.4. The van der Waals surface area contributed by atoms with E-state index in [-0.39, 0.29) is 11.1 Å². The summed E-state index contributed by atoms with van der Waals surface area (Å²) in [5, 5.41) is 14.4. The lowest BCUT2D eigenvalue weighted by Gasteiger charge is -2.19. The lowest BCUT2D eigenvalue weighted by molar-refractivity contribution is 0.000583. The van der Waals surface area contributed by atoms with Gasteiger partial charge in [-0.3, -0.25) is 4.57 Å². The Morgan fingerprint density at radius 1 is 0.958 bits per heavy atom. The van der Waals surface area contributed by atoms with E-state index in [2.05, 4.69) is 0 Å². The molecule has 0 fully saturated rings. The van der Waals surface area contributed by atoms with Gasteiger partial charge in [-0.25, -0.2) is 0 Å². The Labute approximate surface area is 137 Å². The van der Waals surface area contributed by atoms with Crippen LogP contribution in [0.25, 0.3) is 32.3 Å². The Balaban J connectivity index is 2.25. The maximum Gasteiger partial charge on any atom is 0.360 e. The number of aliphatic hydroxyl groups excluding tert-OH is 1. The molecule has 0 amide bonds. The van der Waals surface area contributed by atoms with Gasteiger partial charge in [0.2, 0.25) is 0 Å². The zero-order valence-electron chi connectivity index (χ0n) is 12.8. The van der Waals surface area contributed by atoms with E-state index in [1.807, 2.05) is 36.4 Å². The fourth-order valence-corrected chi connectivity index (χ4v) is 4.25. The SMILES string of the molecule is CC(O)Oc1cc2ccc3cccc4ccc(c1P(=O)(O)O)c2c34. The summed E-state index contributed by atoms with van der Waals surface area (Å²) in [5.41, 5.74) is 0. The average Bonchev–Trinajstić information content (AvgIpc) is 2.50. The third kappa shape index (κ3) is 2.26. The van der Waals surface area contributed by atoms with Crippen LogP contribution < -0.4 is 10.0 Å². The summed E-state index contributed by atoms with van der Waals surface area (Å²) in [5.74, 6) is 0.00390. The van der Waals surface area contributed by atoms with Crippen LogP contribution in [0.3, 0.4) is 0 Å². The molecule has 24 heavy (non-hydrogen) atoms. The van der Waals surface area contributed by atoms with Crippen LogP contribution in [0.5, 0.6) is 5.75 Å². The summed E-state index contributed by atoms with van der Waals surface area (Å²) in [6, 6.07) is 14.9. The van der Waals surface area contributed by atoms with Gasteiger partial charge in [0.25, 0.3) is 0 Å². The van der Waals surface area contributed by atoms with Crippen molar-refractivity contribution in [2.45, 2.75) is 13.2 Å². The molecular weight excluding hydrogens is 327 g/mol. The number of hydrogen-bond donors (Lipinski definition) is 3. The van der Waals surface area contributed by atoms with Gasteiger partial charge in [0.05, 0.1) is 0 Å². The van der Waals surface area contributed by atoms with E-state index in [1.54, 1.807) is 12.1 Å². The van der Waals surface area contributed by atoms with Crippen molar-refractivity contribution in [3.05, 3.63) is 48.5 Å². The summed E-state index contributed by atoms with van der Waals surface area (Å²) < 4.78 is 17.4. The Kier molecular flexibility index (Phi) is 3.31. The highest BCUT2D eigenvalue weighted by Crippen LogP contribution is 2.45. The molecule has 0 spiro atoms. The van der Waals surface area contributed by atoms with E-state index < -0.39 is 13.9 Å². The van der Waals surface area contributed by atoms with E-state index in [4.69, 9.17) is 4.74 Å². The van der Waals surface area contributed by atoms with Gasteiger partial charge in [-0.2, -0.15) is 0 Å². The summed E-state index contributed by atoms with van der Waals surface area (Å²) in [7, 11) is -4.61. The molecule has 4 aromatic carbocycles. The van der Waals surface area contributed by atoms with Gasteiger partial charge < -0.3 is 19.6 Å². The minimum atomic E-state index is -4.61. The second-order valence-corrected chi connectivity index (χ2v) is 7.38.